The van der Waals surface area contributed by atoms with Gasteiger partial charge in [0.1, 0.15) is 12.4 Å². The molecule has 0 radical (unpaired) electrons. The Bertz CT molecular complexity index is 1010. The molecular formula is C20H17ClFN3O4. The van der Waals surface area contributed by atoms with Crippen molar-refractivity contribution in [1.82, 2.24) is 0 Å². The number of hydrogen-bond donors (Lipinski definition) is 2. The molecule has 7 nitrogen and oxygen atoms in total. The van der Waals surface area contributed by atoms with E-state index in [2.05, 4.69) is 15.4 Å². The molecule has 0 spiro atoms. The maximum Gasteiger partial charge on any atom is 0.311 e. The quantitative estimate of drug-likeness (QED) is 0.729. The molecule has 1 heterocycles. The van der Waals surface area contributed by atoms with Crippen molar-refractivity contribution >= 4 is 46.4 Å². The van der Waals surface area contributed by atoms with Gasteiger partial charge >= 0.3 is 5.97 Å². The predicted molar refractivity (Wildman–Crippen MR) is 107 cm³/mol. The van der Waals surface area contributed by atoms with Crippen LogP contribution in [-0.2, 0) is 19.1 Å². The number of hydrogen-bond acceptors (Lipinski definition) is 5. The first-order chi connectivity index (χ1) is 13.9. The van der Waals surface area contributed by atoms with Crippen LogP contribution in [0, 0.1) is 5.82 Å². The summed E-state index contributed by atoms with van der Waals surface area (Å²) >= 11 is 5.73. The van der Waals surface area contributed by atoms with Crippen LogP contribution in [0.4, 0.5) is 21.5 Å². The van der Waals surface area contributed by atoms with Crippen molar-refractivity contribution in [2.75, 3.05) is 29.2 Å². The molecule has 0 unspecified atom stereocenters. The van der Waals surface area contributed by atoms with Gasteiger partial charge in [-0.25, -0.2) is 4.39 Å². The van der Waals surface area contributed by atoms with Gasteiger partial charge in [0.05, 0.1) is 29.9 Å². The number of anilines is 3. The van der Waals surface area contributed by atoms with Crippen LogP contribution in [0.5, 0.6) is 0 Å². The van der Waals surface area contributed by atoms with Crippen LogP contribution in [0.25, 0.3) is 0 Å². The van der Waals surface area contributed by atoms with E-state index in [1.807, 2.05) is 0 Å². The van der Waals surface area contributed by atoms with Gasteiger partial charge in [-0.05, 0) is 30.3 Å². The summed E-state index contributed by atoms with van der Waals surface area (Å²) < 4.78 is 17.9. The molecule has 2 aromatic carbocycles. The first-order valence-electron chi connectivity index (χ1n) is 8.57. The largest absolute Gasteiger partial charge is 0.469 e. The maximum atomic E-state index is 13.3. The molecule has 29 heavy (non-hydrogen) atoms. The Kier molecular flexibility index (Phi) is 6.13. The topological polar surface area (TPSA) is 87.7 Å². The summed E-state index contributed by atoms with van der Waals surface area (Å²) in [5.41, 5.74) is 1.69. The van der Waals surface area contributed by atoms with E-state index in [0.29, 0.717) is 22.8 Å². The number of benzene rings is 2. The predicted octanol–water partition coefficient (Wildman–Crippen LogP) is 3.32. The summed E-state index contributed by atoms with van der Waals surface area (Å²) in [6, 6.07) is 10.7. The van der Waals surface area contributed by atoms with E-state index in [4.69, 9.17) is 11.6 Å². The molecule has 0 atom stereocenters. The Hall–Kier alpha value is -3.39. The molecule has 0 saturated heterocycles. The molecule has 0 aromatic heterocycles. The van der Waals surface area contributed by atoms with Gasteiger partial charge in [-0.2, -0.15) is 0 Å². The molecule has 2 amide bonds. The van der Waals surface area contributed by atoms with Crippen molar-refractivity contribution in [2.24, 2.45) is 0 Å². The fraction of sp³-hybridized carbons (Fsp3) is 0.150. The summed E-state index contributed by atoms with van der Waals surface area (Å²) in [5, 5.41) is 5.48. The number of nitrogens with zero attached hydrogens (tertiary/aromatic N) is 1. The number of nitrogens with one attached hydrogen (secondary N) is 2. The van der Waals surface area contributed by atoms with E-state index < -0.39 is 23.6 Å². The summed E-state index contributed by atoms with van der Waals surface area (Å²) in [5.74, 6) is -2.08. The van der Waals surface area contributed by atoms with Gasteiger partial charge in [0, 0.05) is 17.5 Å². The summed E-state index contributed by atoms with van der Waals surface area (Å²) in [4.78, 5) is 38.1. The highest BCUT2D eigenvalue weighted by molar-refractivity contribution is 6.31. The molecule has 1 aliphatic rings. The molecule has 2 N–H and O–H groups in total. The number of esters is 1. The van der Waals surface area contributed by atoms with Crippen molar-refractivity contribution < 1.29 is 23.5 Å². The lowest BCUT2D eigenvalue weighted by Crippen LogP contribution is -2.37. The van der Waals surface area contributed by atoms with E-state index in [9.17, 15) is 18.8 Å². The normalized spacial score (nSPS) is 13.0. The van der Waals surface area contributed by atoms with Crippen molar-refractivity contribution in [2.45, 2.75) is 6.42 Å². The zero-order valence-electron chi connectivity index (χ0n) is 15.4. The second-order valence-electron chi connectivity index (χ2n) is 6.17. The zero-order valence-corrected chi connectivity index (χ0v) is 16.1. The van der Waals surface area contributed by atoms with Gasteiger partial charge in [-0.3, -0.25) is 19.3 Å². The molecule has 0 fully saturated rings. The molecule has 0 aliphatic carbocycles. The summed E-state index contributed by atoms with van der Waals surface area (Å²) in [6.07, 6.45) is 1.13. The minimum absolute atomic E-state index is 0.120. The van der Waals surface area contributed by atoms with Gasteiger partial charge in [0.15, 0.2) is 0 Å². The number of carbonyl (C=O) groups is 3. The van der Waals surface area contributed by atoms with E-state index in [1.165, 1.54) is 30.2 Å². The lowest BCUT2D eigenvalue weighted by atomic mass is 10.2. The Morgan fingerprint density at radius 2 is 2.00 bits per heavy atom. The smallest absolute Gasteiger partial charge is 0.311 e. The fourth-order valence-corrected chi connectivity index (χ4v) is 2.95. The number of rotatable bonds is 5. The number of para-hydroxylation sites is 2. The highest BCUT2D eigenvalue weighted by atomic mass is 35.5. The van der Waals surface area contributed by atoms with Gasteiger partial charge in [0.2, 0.25) is 5.91 Å². The highest BCUT2D eigenvalue weighted by Gasteiger charge is 2.25. The van der Waals surface area contributed by atoms with Gasteiger partial charge in [0.25, 0.3) is 5.91 Å². The van der Waals surface area contributed by atoms with Crippen molar-refractivity contribution in [3.63, 3.8) is 0 Å². The Morgan fingerprint density at radius 1 is 1.24 bits per heavy atom. The van der Waals surface area contributed by atoms with Gasteiger partial charge in [-0.15, -0.1) is 0 Å². The molecule has 3 rings (SSSR count). The Morgan fingerprint density at radius 3 is 2.72 bits per heavy atom. The van der Waals surface area contributed by atoms with Gasteiger partial charge < -0.3 is 15.4 Å². The molecule has 0 saturated carbocycles. The SMILES string of the molecule is COC(=O)CC1=CC(=O)N(CC(=O)Nc2ccc(F)c(Cl)c2)c2ccccc2N1. The third-order valence-corrected chi connectivity index (χ3v) is 4.41. The first kappa shape index (κ1) is 20.3. The summed E-state index contributed by atoms with van der Waals surface area (Å²) in [7, 11) is 1.26. The third-order valence-electron chi connectivity index (χ3n) is 4.12. The number of ether oxygens (including phenoxy) is 1. The van der Waals surface area contributed by atoms with Crippen molar-refractivity contribution in [1.29, 1.82) is 0 Å². The minimum Gasteiger partial charge on any atom is -0.469 e. The lowest BCUT2D eigenvalue weighted by Gasteiger charge is -2.21. The van der Waals surface area contributed by atoms with Crippen LogP contribution >= 0.6 is 11.6 Å². The lowest BCUT2D eigenvalue weighted by molar-refractivity contribution is -0.139. The molecule has 2 aromatic rings. The number of amides is 2. The van der Waals surface area contributed by atoms with Crippen molar-refractivity contribution in [3.05, 3.63) is 65.1 Å². The number of fused-ring (bicyclic) bond motifs is 1. The number of methoxy groups -OCH3 is 1. The van der Waals surface area contributed by atoms with Crippen LogP contribution in [0.1, 0.15) is 6.42 Å². The van der Waals surface area contributed by atoms with E-state index in [0.717, 1.165) is 6.07 Å². The Balaban J connectivity index is 1.83. The van der Waals surface area contributed by atoms with Crippen molar-refractivity contribution in [3.8, 4) is 0 Å². The van der Waals surface area contributed by atoms with Crippen LogP contribution in [-0.4, -0.2) is 31.4 Å². The number of halogens is 2. The van der Waals surface area contributed by atoms with Crippen LogP contribution in [0.2, 0.25) is 5.02 Å². The average Bonchev–Trinajstić information content (AvgIpc) is 2.81. The molecular weight excluding hydrogens is 401 g/mol. The van der Waals surface area contributed by atoms with Crippen LogP contribution in [0.3, 0.4) is 0 Å². The molecule has 150 valence electrons. The first-order valence-corrected chi connectivity index (χ1v) is 8.95. The summed E-state index contributed by atoms with van der Waals surface area (Å²) in [6.45, 7) is -0.297. The molecule has 9 heteroatoms. The van der Waals surface area contributed by atoms with E-state index in [1.54, 1.807) is 24.3 Å². The second-order valence-corrected chi connectivity index (χ2v) is 6.57. The Labute approximate surface area is 171 Å². The van der Waals surface area contributed by atoms with E-state index in [-0.39, 0.29) is 18.0 Å². The van der Waals surface area contributed by atoms with Gasteiger partial charge in [-0.1, -0.05) is 23.7 Å². The highest BCUT2D eigenvalue weighted by Crippen LogP contribution is 2.30. The fourth-order valence-electron chi connectivity index (χ4n) is 2.77. The van der Waals surface area contributed by atoms with E-state index >= 15 is 0 Å². The molecule has 1 aliphatic heterocycles. The third kappa shape index (κ3) is 4.91. The monoisotopic (exact) mass is 417 g/mol. The maximum absolute atomic E-state index is 13.3. The average molecular weight is 418 g/mol. The molecule has 0 bridgehead atoms. The minimum atomic E-state index is -0.601. The zero-order chi connectivity index (χ0) is 21.0. The second kappa shape index (κ2) is 8.74. The van der Waals surface area contributed by atoms with Crippen LogP contribution in [0.15, 0.2) is 54.2 Å². The van der Waals surface area contributed by atoms with Crippen LogP contribution < -0.4 is 15.5 Å². The number of carbonyl (C=O) groups excluding carboxylic acids is 3. The standard InChI is InChI=1S/C20H17ClFN3O4/c1-29-20(28)10-13-9-19(27)25(17-5-3-2-4-16(17)23-13)11-18(26)24-12-6-7-15(22)14(21)8-12/h2-9,23H,10-11H2,1H3,(H,24,26).